The molecule has 1 fully saturated rings. The number of methoxy groups -OCH3 is 1. The van der Waals surface area contributed by atoms with Gasteiger partial charge >= 0.3 is 11.9 Å². The van der Waals surface area contributed by atoms with Crippen LogP contribution in [-0.2, 0) is 14.3 Å². The first kappa shape index (κ1) is 24.5. The van der Waals surface area contributed by atoms with Crippen molar-refractivity contribution in [2.24, 2.45) is 0 Å². The number of nitrogens with zero attached hydrogens (tertiary/aromatic N) is 1. The van der Waals surface area contributed by atoms with Gasteiger partial charge in [-0.25, -0.2) is 4.79 Å². The Morgan fingerprint density at radius 1 is 1.12 bits per heavy atom. The predicted octanol–water partition coefficient (Wildman–Crippen LogP) is 4.66. The third kappa shape index (κ3) is 6.23. The second-order valence-electron chi connectivity index (χ2n) is 7.12. The first-order valence-electron chi connectivity index (χ1n) is 9.78. The molecule has 2 amide bonds. The number of amides is 2. The molecule has 2 aromatic rings. The quantitative estimate of drug-likeness (QED) is 0.287. The lowest BCUT2D eigenvalue weighted by atomic mass is 10.1. The minimum Gasteiger partial charge on any atom is -0.493 e. The molecule has 33 heavy (non-hydrogen) atoms. The summed E-state index contributed by atoms with van der Waals surface area (Å²) in [6.07, 6.45) is 1.15. The minimum atomic E-state index is -0.660. The molecule has 0 radical (unpaired) electrons. The fourth-order valence-corrected chi connectivity index (χ4v) is 4.09. The predicted molar refractivity (Wildman–Crippen MR) is 126 cm³/mol. The van der Waals surface area contributed by atoms with E-state index >= 15 is 0 Å². The van der Waals surface area contributed by atoms with E-state index in [1.165, 1.54) is 19.3 Å². The normalized spacial score (nSPS) is 14.7. The lowest BCUT2D eigenvalue weighted by molar-refractivity contribution is -0.149. The highest BCUT2D eigenvalue weighted by molar-refractivity contribution is 9.10. The number of hydrogen-bond donors (Lipinski definition) is 0. The third-order valence-electron chi connectivity index (χ3n) is 4.28. The van der Waals surface area contributed by atoms with Crippen LogP contribution in [0.3, 0.4) is 0 Å². The number of imide groups is 1. The maximum Gasteiger partial charge on any atom is 0.343 e. The molecule has 0 aromatic heterocycles. The van der Waals surface area contributed by atoms with E-state index in [0.29, 0.717) is 11.1 Å². The van der Waals surface area contributed by atoms with Gasteiger partial charge in [-0.1, -0.05) is 28.1 Å². The van der Waals surface area contributed by atoms with Gasteiger partial charge in [0.2, 0.25) is 0 Å². The lowest BCUT2D eigenvalue weighted by Crippen LogP contribution is -2.35. The van der Waals surface area contributed by atoms with Crippen LogP contribution in [0.2, 0.25) is 0 Å². The zero-order valence-corrected chi connectivity index (χ0v) is 20.4. The van der Waals surface area contributed by atoms with Gasteiger partial charge in [0.15, 0.2) is 11.5 Å². The first-order valence-corrected chi connectivity index (χ1v) is 11.4. The van der Waals surface area contributed by atoms with Crippen LogP contribution in [0.5, 0.6) is 11.5 Å². The molecule has 0 saturated carbocycles. The number of rotatable bonds is 7. The van der Waals surface area contributed by atoms with E-state index in [9.17, 15) is 19.2 Å². The fourth-order valence-electron chi connectivity index (χ4n) is 2.85. The number of carbonyl (C=O) groups excluding carboxylic acids is 4. The average molecular weight is 534 g/mol. The number of benzene rings is 2. The second kappa shape index (κ2) is 10.7. The zero-order chi connectivity index (χ0) is 24.1. The third-order valence-corrected chi connectivity index (χ3v) is 5.68. The highest BCUT2D eigenvalue weighted by Gasteiger charge is 2.36. The fraction of sp³-hybridized carbons (Fsp3) is 0.217. The average Bonchev–Trinajstić information content (AvgIpc) is 3.01. The highest BCUT2D eigenvalue weighted by atomic mass is 79.9. The number of hydrogen-bond acceptors (Lipinski definition) is 8. The molecule has 1 heterocycles. The number of ether oxygens (including phenoxy) is 3. The maximum absolute atomic E-state index is 12.6. The van der Waals surface area contributed by atoms with Gasteiger partial charge in [0.1, 0.15) is 6.54 Å². The lowest BCUT2D eigenvalue weighted by Gasteiger charge is -2.13. The summed E-state index contributed by atoms with van der Waals surface area (Å²) in [5.74, 6) is -1.34. The smallest absolute Gasteiger partial charge is 0.343 e. The Morgan fingerprint density at radius 2 is 1.88 bits per heavy atom. The van der Waals surface area contributed by atoms with Crippen LogP contribution in [0.1, 0.15) is 29.8 Å². The zero-order valence-electron chi connectivity index (χ0n) is 18.0. The van der Waals surface area contributed by atoms with Gasteiger partial charge in [-0.15, -0.1) is 0 Å². The van der Waals surface area contributed by atoms with E-state index in [0.717, 1.165) is 21.1 Å². The molecular formula is C23H20BrNO7S. The van der Waals surface area contributed by atoms with Crippen LogP contribution in [0.25, 0.3) is 6.08 Å². The van der Waals surface area contributed by atoms with Crippen LogP contribution in [0, 0.1) is 0 Å². The molecule has 172 valence electrons. The molecule has 0 atom stereocenters. The van der Waals surface area contributed by atoms with Crippen molar-refractivity contribution in [2.45, 2.75) is 20.0 Å². The Hall–Kier alpha value is -3.11. The SMILES string of the molecule is COc1cc(/C=C2\SC(=O)N(CC(=O)OC(C)C)C2=O)ccc1OC(=O)c1cccc(Br)c1. The van der Waals surface area contributed by atoms with Gasteiger partial charge in [-0.3, -0.25) is 19.3 Å². The van der Waals surface area contributed by atoms with E-state index < -0.39 is 29.6 Å². The molecule has 8 nitrogen and oxygen atoms in total. The minimum absolute atomic E-state index is 0.151. The molecule has 0 spiro atoms. The Morgan fingerprint density at radius 3 is 2.55 bits per heavy atom. The maximum atomic E-state index is 12.6. The van der Waals surface area contributed by atoms with Gasteiger partial charge in [-0.05, 0) is 67.6 Å². The van der Waals surface area contributed by atoms with Crippen molar-refractivity contribution in [1.82, 2.24) is 4.90 Å². The van der Waals surface area contributed by atoms with E-state index in [2.05, 4.69) is 15.9 Å². The van der Waals surface area contributed by atoms with Crippen LogP contribution >= 0.6 is 27.7 Å². The van der Waals surface area contributed by atoms with Crippen molar-refractivity contribution < 1.29 is 33.4 Å². The first-order chi connectivity index (χ1) is 15.7. The van der Waals surface area contributed by atoms with Gasteiger partial charge in [-0.2, -0.15) is 0 Å². The van der Waals surface area contributed by atoms with Crippen LogP contribution in [0.15, 0.2) is 51.8 Å². The van der Waals surface area contributed by atoms with Crippen molar-refractivity contribution >= 4 is 56.9 Å². The molecular weight excluding hydrogens is 514 g/mol. The molecule has 10 heteroatoms. The van der Waals surface area contributed by atoms with Crippen molar-refractivity contribution in [3.8, 4) is 11.5 Å². The van der Waals surface area contributed by atoms with Crippen molar-refractivity contribution in [2.75, 3.05) is 13.7 Å². The molecule has 2 aromatic carbocycles. The molecule has 1 saturated heterocycles. The summed E-state index contributed by atoms with van der Waals surface area (Å²) in [7, 11) is 1.42. The Balaban J connectivity index is 1.76. The summed E-state index contributed by atoms with van der Waals surface area (Å²) in [6.45, 7) is 2.91. The largest absolute Gasteiger partial charge is 0.493 e. The molecule has 1 aliphatic rings. The summed E-state index contributed by atoms with van der Waals surface area (Å²) < 4.78 is 16.5. The highest BCUT2D eigenvalue weighted by Crippen LogP contribution is 2.34. The van der Waals surface area contributed by atoms with E-state index in [1.54, 1.807) is 50.2 Å². The molecule has 3 rings (SSSR count). The summed E-state index contributed by atoms with van der Waals surface area (Å²) in [4.78, 5) is 50.1. The van der Waals surface area contributed by atoms with Crippen molar-refractivity contribution in [3.05, 3.63) is 63.0 Å². The summed E-state index contributed by atoms with van der Waals surface area (Å²) in [5, 5.41) is -0.557. The summed E-state index contributed by atoms with van der Waals surface area (Å²) in [6, 6.07) is 11.5. The topological polar surface area (TPSA) is 99.2 Å². The van der Waals surface area contributed by atoms with E-state index in [4.69, 9.17) is 14.2 Å². The Kier molecular flexibility index (Phi) is 7.93. The second-order valence-corrected chi connectivity index (χ2v) is 9.03. The van der Waals surface area contributed by atoms with Gasteiger partial charge in [0.25, 0.3) is 11.1 Å². The molecule has 0 bridgehead atoms. The standard InChI is InChI=1S/C23H20BrNO7S/c1-13(2)31-20(26)12-25-21(27)19(33-23(25)29)10-14-7-8-17(18(9-14)30-3)32-22(28)15-5-4-6-16(24)11-15/h4-11,13H,12H2,1-3H3/b19-10-. The summed E-state index contributed by atoms with van der Waals surface area (Å²) in [5.41, 5.74) is 0.907. The van der Waals surface area contributed by atoms with E-state index in [1.807, 2.05) is 0 Å². The van der Waals surface area contributed by atoms with Crippen molar-refractivity contribution in [1.29, 1.82) is 0 Å². The number of carbonyl (C=O) groups is 4. The van der Waals surface area contributed by atoms with E-state index in [-0.39, 0.29) is 22.5 Å². The molecule has 0 N–H and O–H groups in total. The monoisotopic (exact) mass is 533 g/mol. The van der Waals surface area contributed by atoms with Crippen LogP contribution < -0.4 is 9.47 Å². The van der Waals surface area contributed by atoms with Gasteiger partial charge < -0.3 is 14.2 Å². The van der Waals surface area contributed by atoms with Gasteiger partial charge in [0.05, 0.1) is 23.7 Å². The number of esters is 2. The van der Waals surface area contributed by atoms with Crippen molar-refractivity contribution in [3.63, 3.8) is 0 Å². The van der Waals surface area contributed by atoms with Crippen LogP contribution in [0.4, 0.5) is 4.79 Å². The number of halogens is 1. The molecule has 0 unspecified atom stereocenters. The molecule has 1 aliphatic heterocycles. The Bertz CT molecular complexity index is 1150. The molecule has 0 aliphatic carbocycles. The van der Waals surface area contributed by atoms with Gasteiger partial charge in [0, 0.05) is 4.47 Å². The summed E-state index contributed by atoms with van der Waals surface area (Å²) >= 11 is 4.03. The number of thioether (sulfide) groups is 1. The van der Waals surface area contributed by atoms with Crippen LogP contribution in [-0.4, -0.2) is 47.7 Å². The Labute approximate surface area is 203 Å².